The van der Waals surface area contributed by atoms with Crippen molar-refractivity contribution < 1.29 is 29.6 Å². The normalized spacial score (nSPS) is 10.7. The number of rotatable bonds is 4. The van der Waals surface area contributed by atoms with E-state index in [1.165, 1.54) is 25.3 Å². The van der Waals surface area contributed by atoms with Crippen molar-refractivity contribution in [1.82, 2.24) is 0 Å². The highest BCUT2D eigenvalue weighted by Gasteiger charge is 2.25. The monoisotopic (exact) mass is 354 g/mol. The van der Waals surface area contributed by atoms with Crippen molar-refractivity contribution in [2.45, 2.75) is 6.92 Å². The molecular weight excluding hydrogens is 336 g/mol. The molecule has 0 unspecified atom stereocenters. The largest absolute Gasteiger partial charge is 0.507 e. The molecular formula is C20H18O6. The van der Waals surface area contributed by atoms with Crippen molar-refractivity contribution in [2.24, 2.45) is 0 Å². The minimum atomic E-state index is -0.796. The van der Waals surface area contributed by atoms with Crippen LogP contribution in [0.25, 0.3) is 21.9 Å². The number of carbonyl (C=O) groups is 1. The number of methoxy groups -OCH3 is 1. The van der Waals surface area contributed by atoms with Gasteiger partial charge in [0.1, 0.15) is 28.6 Å². The fraction of sp³-hybridized carbons (Fsp3) is 0.150. The van der Waals surface area contributed by atoms with Crippen LogP contribution in [-0.4, -0.2) is 35.0 Å². The predicted molar refractivity (Wildman–Crippen MR) is 96.9 cm³/mol. The summed E-state index contributed by atoms with van der Waals surface area (Å²) in [7, 11) is 1.51. The van der Waals surface area contributed by atoms with Crippen LogP contribution in [0.2, 0.25) is 0 Å². The Morgan fingerprint density at radius 1 is 0.923 bits per heavy atom. The Labute approximate surface area is 149 Å². The Kier molecular flexibility index (Phi) is 4.58. The molecule has 0 spiro atoms. The Balaban J connectivity index is 2.42. The molecule has 134 valence electrons. The van der Waals surface area contributed by atoms with E-state index in [-0.39, 0.29) is 40.5 Å². The lowest BCUT2D eigenvalue weighted by Gasteiger charge is -2.16. The van der Waals surface area contributed by atoms with Gasteiger partial charge in [0.15, 0.2) is 0 Å². The van der Waals surface area contributed by atoms with Gasteiger partial charge < -0.3 is 24.8 Å². The Morgan fingerprint density at radius 2 is 1.54 bits per heavy atom. The number of ether oxygens (including phenoxy) is 2. The lowest BCUT2D eigenvalue weighted by atomic mass is 9.92. The minimum Gasteiger partial charge on any atom is -0.507 e. The zero-order chi connectivity index (χ0) is 18.8. The molecule has 0 amide bonds. The third kappa shape index (κ3) is 2.86. The highest BCUT2D eigenvalue weighted by atomic mass is 16.5. The van der Waals surface area contributed by atoms with Gasteiger partial charge in [-0.3, -0.25) is 0 Å². The molecule has 0 heterocycles. The van der Waals surface area contributed by atoms with Crippen LogP contribution >= 0.6 is 0 Å². The summed E-state index contributed by atoms with van der Waals surface area (Å²) in [5.74, 6) is -1.03. The van der Waals surface area contributed by atoms with Gasteiger partial charge in [0.2, 0.25) is 0 Å². The van der Waals surface area contributed by atoms with E-state index in [2.05, 4.69) is 0 Å². The topological polar surface area (TPSA) is 96.2 Å². The molecule has 6 nitrogen and oxygen atoms in total. The molecule has 3 rings (SSSR count). The highest BCUT2D eigenvalue weighted by molar-refractivity contribution is 6.09. The SMILES string of the molecule is CCOC(=O)c1c(O)ccc(O)c1-c1c(O)ccc2ccc(OC)cc12. The molecule has 3 aromatic carbocycles. The van der Waals surface area contributed by atoms with Crippen molar-refractivity contribution >= 4 is 16.7 Å². The fourth-order valence-electron chi connectivity index (χ4n) is 2.92. The third-order valence-electron chi connectivity index (χ3n) is 4.10. The third-order valence-corrected chi connectivity index (χ3v) is 4.10. The number of aromatic hydroxyl groups is 3. The van der Waals surface area contributed by atoms with E-state index in [0.717, 1.165) is 5.39 Å². The number of phenolic OH excluding ortho intramolecular Hbond substituents is 3. The first-order chi connectivity index (χ1) is 12.5. The van der Waals surface area contributed by atoms with Gasteiger partial charge >= 0.3 is 5.97 Å². The van der Waals surface area contributed by atoms with Crippen LogP contribution in [0.15, 0.2) is 42.5 Å². The summed E-state index contributed by atoms with van der Waals surface area (Å²) in [6.07, 6.45) is 0. The highest BCUT2D eigenvalue weighted by Crippen LogP contribution is 2.45. The van der Waals surface area contributed by atoms with Gasteiger partial charge in [-0.15, -0.1) is 0 Å². The number of esters is 1. The Bertz CT molecular complexity index is 993. The molecule has 0 saturated heterocycles. The first-order valence-electron chi connectivity index (χ1n) is 8.00. The Morgan fingerprint density at radius 3 is 2.23 bits per heavy atom. The number of benzene rings is 3. The maximum atomic E-state index is 12.4. The first-order valence-corrected chi connectivity index (χ1v) is 8.00. The van der Waals surface area contributed by atoms with Gasteiger partial charge in [-0.1, -0.05) is 12.1 Å². The summed E-state index contributed by atoms with van der Waals surface area (Å²) < 4.78 is 10.2. The molecule has 0 aliphatic rings. The summed E-state index contributed by atoms with van der Waals surface area (Å²) in [5, 5.41) is 32.5. The smallest absolute Gasteiger partial charge is 0.342 e. The van der Waals surface area contributed by atoms with Gasteiger partial charge in [0.25, 0.3) is 0 Å². The average Bonchev–Trinajstić information content (AvgIpc) is 2.63. The van der Waals surface area contributed by atoms with Crippen LogP contribution in [0.3, 0.4) is 0 Å². The first kappa shape index (κ1) is 17.4. The molecule has 0 fully saturated rings. The van der Waals surface area contributed by atoms with Crippen molar-refractivity contribution in [1.29, 1.82) is 0 Å². The fourth-order valence-corrected chi connectivity index (χ4v) is 2.92. The zero-order valence-electron chi connectivity index (χ0n) is 14.3. The van der Waals surface area contributed by atoms with E-state index in [0.29, 0.717) is 11.1 Å². The molecule has 26 heavy (non-hydrogen) atoms. The van der Waals surface area contributed by atoms with Gasteiger partial charge in [0, 0.05) is 11.1 Å². The molecule has 0 aromatic heterocycles. The molecule has 0 bridgehead atoms. The molecule has 0 aliphatic carbocycles. The second kappa shape index (κ2) is 6.84. The summed E-state index contributed by atoms with van der Waals surface area (Å²) in [5.41, 5.74) is -0.00451. The number of fused-ring (bicyclic) bond motifs is 1. The van der Waals surface area contributed by atoms with E-state index in [9.17, 15) is 20.1 Å². The molecule has 0 atom stereocenters. The maximum Gasteiger partial charge on any atom is 0.342 e. The summed E-state index contributed by atoms with van der Waals surface area (Å²) in [6, 6.07) is 10.9. The lowest BCUT2D eigenvalue weighted by Crippen LogP contribution is -2.07. The number of carbonyl (C=O) groups excluding carboxylic acids is 1. The number of phenols is 3. The summed E-state index contributed by atoms with van der Waals surface area (Å²) >= 11 is 0. The maximum absolute atomic E-state index is 12.4. The molecule has 0 aliphatic heterocycles. The molecule has 3 N–H and O–H groups in total. The van der Waals surface area contributed by atoms with Crippen LogP contribution in [0.5, 0.6) is 23.0 Å². The molecule has 0 saturated carbocycles. The van der Waals surface area contributed by atoms with Crippen molar-refractivity contribution in [3.05, 3.63) is 48.0 Å². The van der Waals surface area contributed by atoms with Crippen LogP contribution in [0, 0.1) is 0 Å². The van der Waals surface area contributed by atoms with Gasteiger partial charge in [-0.05, 0) is 48.0 Å². The lowest BCUT2D eigenvalue weighted by molar-refractivity contribution is 0.0523. The molecule has 6 heteroatoms. The van der Waals surface area contributed by atoms with Gasteiger partial charge in [0.05, 0.1) is 13.7 Å². The van der Waals surface area contributed by atoms with Gasteiger partial charge in [-0.2, -0.15) is 0 Å². The molecule has 0 radical (unpaired) electrons. The van der Waals surface area contributed by atoms with Crippen LogP contribution in [-0.2, 0) is 4.74 Å². The second-order valence-corrected chi connectivity index (χ2v) is 5.62. The van der Waals surface area contributed by atoms with Crippen molar-refractivity contribution in [3.8, 4) is 34.1 Å². The van der Waals surface area contributed by atoms with Crippen molar-refractivity contribution in [3.63, 3.8) is 0 Å². The number of hydrogen-bond acceptors (Lipinski definition) is 6. The minimum absolute atomic E-state index is 0.000182. The predicted octanol–water partition coefficient (Wildman–Crippen LogP) is 3.81. The average molecular weight is 354 g/mol. The second-order valence-electron chi connectivity index (χ2n) is 5.62. The van der Waals surface area contributed by atoms with E-state index < -0.39 is 5.97 Å². The van der Waals surface area contributed by atoms with Crippen LogP contribution < -0.4 is 4.74 Å². The van der Waals surface area contributed by atoms with Crippen LogP contribution in [0.4, 0.5) is 0 Å². The van der Waals surface area contributed by atoms with E-state index >= 15 is 0 Å². The summed E-state index contributed by atoms with van der Waals surface area (Å²) in [6.45, 7) is 1.74. The quantitative estimate of drug-likeness (QED) is 0.487. The van der Waals surface area contributed by atoms with Crippen LogP contribution in [0.1, 0.15) is 17.3 Å². The zero-order valence-corrected chi connectivity index (χ0v) is 14.3. The molecule has 3 aromatic rings. The van der Waals surface area contributed by atoms with E-state index in [1.54, 1.807) is 31.2 Å². The van der Waals surface area contributed by atoms with E-state index in [4.69, 9.17) is 9.47 Å². The standard InChI is InChI=1S/C20H18O6/c1-3-26-20(24)19-16(23)9-8-15(22)18(19)17-13-10-12(25-2)6-4-11(13)5-7-14(17)21/h4-10,21-23H,3H2,1-2H3. The van der Waals surface area contributed by atoms with Gasteiger partial charge in [-0.25, -0.2) is 4.79 Å². The van der Waals surface area contributed by atoms with Crippen molar-refractivity contribution in [2.75, 3.05) is 13.7 Å². The Hall–Kier alpha value is -3.41. The summed E-state index contributed by atoms with van der Waals surface area (Å²) in [4.78, 5) is 12.4. The number of hydrogen-bond donors (Lipinski definition) is 3. The van der Waals surface area contributed by atoms with E-state index in [1.807, 2.05) is 0 Å².